The lowest BCUT2D eigenvalue weighted by Crippen LogP contribution is -1.87. The molecule has 0 spiro atoms. The van der Waals surface area contributed by atoms with E-state index in [1.807, 2.05) is 60.7 Å². The summed E-state index contributed by atoms with van der Waals surface area (Å²) in [5.41, 5.74) is 1.94. The minimum absolute atomic E-state index is 0.140. The van der Waals surface area contributed by atoms with E-state index in [1.54, 1.807) is 13.8 Å². The fraction of sp³-hybridized carbons (Fsp3) is 0.294. The average Bonchev–Trinajstić information content (AvgIpc) is 2.50. The number of hydrogen-bond acceptors (Lipinski definition) is 3. The first kappa shape index (κ1) is 18.3. The quantitative estimate of drug-likeness (QED) is 0.790. The van der Waals surface area contributed by atoms with E-state index < -0.39 is 0 Å². The van der Waals surface area contributed by atoms with Crippen molar-refractivity contribution in [3.8, 4) is 0 Å². The Kier molecular flexibility index (Phi) is 11.3. The minimum Gasteiger partial charge on any atom is -0.397 e. The molecule has 0 aliphatic rings. The highest BCUT2D eigenvalue weighted by molar-refractivity contribution is 5.16. The van der Waals surface area contributed by atoms with Crippen molar-refractivity contribution < 1.29 is 15.3 Å². The van der Waals surface area contributed by atoms with Crippen molar-refractivity contribution in [2.24, 2.45) is 0 Å². The molecule has 110 valence electrons. The van der Waals surface area contributed by atoms with Crippen LogP contribution in [0.4, 0.5) is 0 Å². The molecule has 1 atom stereocenters. The van der Waals surface area contributed by atoms with E-state index in [0.29, 0.717) is 0 Å². The summed E-state index contributed by atoms with van der Waals surface area (Å²) < 4.78 is 0. The molecule has 0 bridgehead atoms. The van der Waals surface area contributed by atoms with Crippen molar-refractivity contribution in [3.05, 3.63) is 71.8 Å². The SMILES string of the molecule is CC(O)c1ccccc1.CCO.OCc1ccccc1. The van der Waals surface area contributed by atoms with Crippen LogP contribution in [0.1, 0.15) is 31.1 Å². The van der Waals surface area contributed by atoms with Gasteiger partial charge in [-0.1, -0.05) is 60.7 Å². The van der Waals surface area contributed by atoms with Gasteiger partial charge in [-0.05, 0) is 25.0 Å². The summed E-state index contributed by atoms with van der Waals surface area (Å²) >= 11 is 0. The van der Waals surface area contributed by atoms with E-state index in [-0.39, 0.29) is 19.3 Å². The third kappa shape index (κ3) is 9.28. The highest BCUT2D eigenvalue weighted by atomic mass is 16.3. The van der Waals surface area contributed by atoms with Crippen LogP contribution in [0.5, 0.6) is 0 Å². The smallest absolute Gasteiger partial charge is 0.0761 e. The Hall–Kier alpha value is -1.68. The fourth-order valence-electron chi connectivity index (χ4n) is 1.31. The lowest BCUT2D eigenvalue weighted by atomic mass is 10.1. The van der Waals surface area contributed by atoms with Crippen molar-refractivity contribution in [1.82, 2.24) is 0 Å². The van der Waals surface area contributed by atoms with Crippen LogP contribution in [0.3, 0.4) is 0 Å². The molecule has 2 aromatic rings. The second-order valence-corrected chi connectivity index (χ2v) is 4.05. The first-order valence-electron chi connectivity index (χ1n) is 6.64. The van der Waals surface area contributed by atoms with Crippen LogP contribution < -0.4 is 0 Å². The second-order valence-electron chi connectivity index (χ2n) is 4.05. The zero-order valence-corrected chi connectivity index (χ0v) is 12.1. The van der Waals surface area contributed by atoms with Gasteiger partial charge in [-0.15, -0.1) is 0 Å². The van der Waals surface area contributed by atoms with E-state index in [2.05, 4.69) is 0 Å². The number of aliphatic hydroxyl groups excluding tert-OH is 3. The first-order valence-corrected chi connectivity index (χ1v) is 6.64. The molecule has 0 aliphatic carbocycles. The van der Waals surface area contributed by atoms with Gasteiger partial charge >= 0.3 is 0 Å². The molecular weight excluding hydrogens is 252 g/mol. The number of aliphatic hydroxyl groups is 3. The van der Waals surface area contributed by atoms with Crippen LogP contribution in [-0.2, 0) is 6.61 Å². The molecule has 3 heteroatoms. The van der Waals surface area contributed by atoms with Crippen molar-refractivity contribution >= 4 is 0 Å². The lowest BCUT2D eigenvalue weighted by molar-refractivity contribution is 0.199. The second kappa shape index (κ2) is 12.4. The van der Waals surface area contributed by atoms with Crippen LogP contribution in [0.2, 0.25) is 0 Å². The molecular formula is C17H24O3. The van der Waals surface area contributed by atoms with E-state index in [4.69, 9.17) is 15.3 Å². The highest BCUT2D eigenvalue weighted by Gasteiger charge is 1.95. The third-order valence-electron chi connectivity index (χ3n) is 2.31. The maximum absolute atomic E-state index is 9.02. The Balaban J connectivity index is 0.000000304. The summed E-state index contributed by atoms with van der Waals surface area (Å²) in [6.45, 7) is 3.83. The summed E-state index contributed by atoms with van der Waals surface area (Å²) in [4.78, 5) is 0. The van der Waals surface area contributed by atoms with E-state index in [0.717, 1.165) is 11.1 Å². The zero-order chi connectivity index (χ0) is 15.2. The number of benzene rings is 2. The average molecular weight is 276 g/mol. The molecule has 2 rings (SSSR count). The van der Waals surface area contributed by atoms with Gasteiger partial charge in [-0.25, -0.2) is 0 Å². The lowest BCUT2D eigenvalue weighted by Gasteiger charge is -2.00. The van der Waals surface area contributed by atoms with Crippen molar-refractivity contribution in [2.45, 2.75) is 26.6 Å². The Bertz CT molecular complexity index is 413. The number of hydrogen-bond donors (Lipinski definition) is 3. The van der Waals surface area contributed by atoms with Crippen molar-refractivity contribution in [3.63, 3.8) is 0 Å². The molecule has 0 fully saturated rings. The van der Waals surface area contributed by atoms with Crippen molar-refractivity contribution in [2.75, 3.05) is 6.61 Å². The molecule has 1 unspecified atom stereocenters. The molecule has 0 radical (unpaired) electrons. The molecule has 0 aromatic heterocycles. The van der Waals surface area contributed by atoms with Gasteiger partial charge in [0.05, 0.1) is 12.7 Å². The summed E-state index contributed by atoms with van der Waals surface area (Å²) in [5, 5.41) is 25.1. The zero-order valence-electron chi connectivity index (χ0n) is 12.1. The molecule has 3 N–H and O–H groups in total. The molecule has 3 nitrogen and oxygen atoms in total. The largest absolute Gasteiger partial charge is 0.397 e. The summed E-state index contributed by atoms with van der Waals surface area (Å²) in [5.74, 6) is 0. The van der Waals surface area contributed by atoms with Gasteiger partial charge in [0, 0.05) is 6.61 Å². The van der Waals surface area contributed by atoms with Gasteiger partial charge in [-0.2, -0.15) is 0 Å². The van der Waals surface area contributed by atoms with Gasteiger partial charge in [-0.3, -0.25) is 0 Å². The highest BCUT2D eigenvalue weighted by Crippen LogP contribution is 2.09. The van der Waals surface area contributed by atoms with E-state index >= 15 is 0 Å². The van der Waals surface area contributed by atoms with Gasteiger partial charge in [0.25, 0.3) is 0 Å². The first-order chi connectivity index (χ1) is 9.65. The minimum atomic E-state index is -0.341. The van der Waals surface area contributed by atoms with Gasteiger partial charge < -0.3 is 15.3 Å². The molecule has 0 heterocycles. The van der Waals surface area contributed by atoms with Crippen LogP contribution in [0.15, 0.2) is 60.7 Å². The third-order valence-corrected chi connectivity index (χ3v) is 2.31. The molecule has 20 heavy (non-hydrogen) atoms. The molecule has 0 saturated heterocycles. The van der Waals surface area contributed by atoms with Crippen LogP contribution in [-0.4, -0.2) is 21.9 Å². The predicted octanol–water partition coefficient (Wildman–Crippen LogP) is 2.92. The normalized spacial score (nSPS) is 10.4. The Labute approximate surface area is 121 Å². The number of rotatable bonds is 2. The van der Waals surface area contributed by atoms with Crippen molar-refractivity contribution in [1.29, 1.82) is 0 Å². The van der Waals surface area contributed by atoms with Gasteiger partial charge in [0.2, 0.25) is 0 Å². The molecule has 0 amide bonds. The summed E-state index contributed by atoms with van der Waals surface area (Å²) in [7, 11) is 0. The van der Waals surface area contributed by atoms with Crippen LogP contribution in [0, 0.1) is 0 Å². The molecule has 2 aromatic carbocycles. The van der Waals surface area contributed by atoms with Gasteiger partial charge in [0.1, 0.15) is 0 Å². The standard InChI is InChI=1S/C8H10O.C7H8O.C2H6O/c1-7(9)8-5-3-2-4-6-8;8-6-7-4-2-1-3-5-7;1-2-3/h2-7,9H,1H3;1-5,8H,6H2;3H,2H2,1H3. The monoisotopic (exact) mass is 276 g/mol. The van der Waals surface area contributed by atoms with Gasteiger partial charge in [0.15, 0.2) is 0 Å². The summed E-state index contributed by atoms with van der Waals surface area (Å²) in [6.07, 6.45) is -0.341. The molecule has 0 saturated carbocycles. The predicted molar refractivity (Wildman–Crippen MR) is 82.2 cm³/mol. The Morgan fingerprint density at radius 2 is 1.25 bits per heavy atom. The maximum atomic E-state index is 9.02. The van der Waals surface area contributed by atoms with Crippen LogP contribution >= 0.6 is 0 Å². The molecule has 0 aliphatic heterocycles. The Morgan fingerprint density at radius 3 is 1.50 bits per heavy atom. The topological polar surface area (TPSA) is 60.7 Å². The maximum Gasteiger partial charge on any atom is 0.0761 e. The van der Waals surface area contributed by atoms with E-state index in [9.17, 15) is 0 Å². The Morgan fingerprint density at radius 1 is 0.850 bits per heavy atom. The van der Waals surface area contributed by atoms with Crippen LogP contribution in [0.25, 0.3) is 0 Å². The summed E-state index contributed by atoms with van der Waals surface area (Å²) in [6, 6.07) is 19.1. The van der Waals surface area contributed by atoms with E-state index in [1.165, 1.54) is 0 Å². The fourth-order valence-corrected chi connectivity index (χ4v) is 1.31.